The van der Waals surface area contributed by atoms with E-state index in [4.69, 9.17) is 0 Å². The Morgan fingerprint density at radius 2 is 1.19 bits per heavy atom. The summed E-state index contributed by atoms with van der Waals surface area (Å²) in [6.45, 7) is 16.4. The second-order valence-electron chi connectivity index (χ2n) is 11.2. The number of aromatic nitrogens is 4. The van der Waals surface area contributed by atoms with E-state index in [1.165, 1.54) is 0 Å². The first-order chi connectivity index (χ1) is 20.0. The Kier molecular flexibility index (Phi) is 7.73. The maximum Gasteiger partial charge on any atom is 0.303 e. The van der Waals surface area contributed by atoms with Crippen LogP contribution in [-0.4, -0.2) is 42.1 Å². The van der Waals surface area contributed by atoms with Gasteiger partial charge in [-0.3, -0.25) is 9.59 Å². The molecule has 8 bridgehead atoms. The molecule has 0 amide bonds. The summed E-state index contributed by atoms with van der Waals surface area (Å²) in [5.74, 6) is -1.71. The van der Waals surface area contributed by atoms with Gasteiger partial charge in [0.25, 0.3) is 0 Å². The molecule has 8 nitrogen and oxygen atoms in total. The Balaban J connectivity index is 1.83. The number of fused-ring (bicyclic) bond motifs is 8. The van der Waals surface area contributed by atoms with Crippen molar-refractivity contribution in [3.05, 3.63) is 103 Å². The molecule has 42 heavy (non-hydrogen) atoms. The van der Waals surface area contributed by atoms with Gasteiger partial charge in [0.15, 0.2) is 0 Å². The first-order valence-corrected chi connectivity index (χ1v) is 14.2. The van der Waals surface area contributed by atoms with Crippen molar-refractivity contribution in [1.29, 1.82) is 0 Å². The van der Waals surface area contributed by atoms with E-state index in [9.17, 15) is 19.8 Å². The number of carboxylic acids is 2. The zero-order valence-corrected chi connectivity index (χ0v) is 24.7. The number of aliphatic carboxylic acids is 2. The second kappa shape index (κ2) is 11.3. The smallest absolute Gasteiger partial charge is 0.303 e. The molecule has 0 saturated heterocycles. The SMILES string of the molecule is C=Cc1c2[nH]c(c1C)/C=c1\[nH]/c(c(CCC(=O)O)c1C)=C\c1[nH]c(c(C)c1CCC(=O)O)Cc1[nH]c(c(C)c1C=C)C2. The molecule has 0 atom stereocenters. The fraction of sp³-hybridized carbons (Fsp3) is 0.294. The molecule has 0 aromatic carbocycles. The molecule has 1 aliphatic heterocycles. The summed E-state index contributed by atoms with van der Waals surface area (Å²) in [5, 5.41) is 20.7. The van der Waals surface area contributed by atoms with E-state index in [1.54, 1.807) is 0 Å². The zero-order chi connectivity index (χ0) is 30.3. The number of hydrogen-bond donors (Lipinski definition) is 6. The molecule has 4 aromatic rings. The molecule has 0 radical (unpaired) electrons. The molecule has 0 saturated carbocycles. The average molecular weight is 567 g/mol. The van der Waals surface area contributed by atoms with Gasteiger partial charge in [0.1, 0.15) is 0 Å². The Hall–Kier alpha value is -4.72. The number of hydrogen-bond acceptors (Lipinski definition) is 2. The molecule has 5 rings (SSSR count). The van der Waals surface area contributed by atoms with Crippen molar-refractivity contribution in [2.45, 2.75) is 66.2 Å². The highest BCUT2D eigenvalue weighted by Crippen LogP contribution is 2.30. The highest BCUT2D eigenvalue weighted by atomic mass is 16.4. The van der Waals surface area contributed by atoms with Gasteiger partial charge in [-0.2, -0.15) is 0 Å². The minimum Gasteiger partial charge on any atom is -0.481 e. The van der Waals surface area contributed by atoms with E-state index in [-0.39, 0.29) is 12.8 Å². The van der Waals surface area contributed by atoms with Gasteiger partial charge < -0.3 is 30.1 Å². The minimum atomic E-state index is -0.857. The lowest BCUT2D eigenvalue weighted by atomic mass is 10.0. The van der Waals surface area contributed by atoms with Gasteiger partial charge in [-0.05, 0) is 97.2 Å². The van der Waals surface area contributed by atoms with E-state index < -0.39 is 11.9 Å². The van der Waals surface area contributed by atoms with Crippen LogP contribution in [0, 0.1) is 27.7 Å². The van der Waals surface area contributed by atoms with Crippen molar-refractivity contribution in [3.63, 3.8) is 0 Å². The number of carboxylic acid groups (broad SMARTS) is 2. The summed E-state index contributed by atoms with van der Waals surface area (Å²) >= 11 is 0. The number of H-pyrrole nitrogens is 4. The third-order valence-electron chi connectivity index (χ3n) is 8.74. The summed E-state index contributed by atoms with van der Waals surface area (Å²) in [6.07, 6.45) is 9.88. The van der Waals surface area contributed by atoms with Crippen molar-refractivity contribution < 1.29 is 19.8 Å². The fourth-order valence-electron chi connectivity index (χ4n) is 6.29. The lowest BCUT2D eigenvalue weighted by Crippen LogP contribution is -2.14. The normalized spacial score (nSPS) is 14.1. The second-order valence-corrected chi connectivity index (χ2v) is 11.2. The minimum absolute atomic E-state index is 0.00472. The molecule has 1 aliphatic rings. The first kappa shape index (κ1) is 28.8. The predicted octanol–water partition coefficient (Wildman–Crippen LogP) is 4.71. The Labute approximate surface area is 244 Å². The quantitative estimate of drug-likeness (QED) is 0.162. The molecule has 0 fully saturated rings. The van der Waals surface area contributed by atoms with Gasteiger partial charge in [-0.1, -0.05) is 25.3 Å². The van der Waals surface area contributed by atoms with Gasteiger partial charge in [0.2, 0.25) is 0 Å². The molecule has 5 heterocycles. The largest absolute Gasteiger partial charge is 0.481 e. The number of aromatic amines is 4. The van der Waals surface area contributed by atoms with Crippen LogP contribution in [0.5, 0.6) is 0 Å². The van der Waals surface area contributed by atoms with Crippen LogP contribution < -0.4 is 10.7 Å². The van der Waals surface area contributed by atoms with Gasteiger partial charge in [0.05, 0.1) is 0 Å². The van der Waals surface area contributed by atoms with E-state index in [0.29, 0.717) is 25.7 Å². The number of carbonyl (C=O) groups is 2. The maximum absolute atomic E-state index is 11.5. The van der Waals surface area contributed by atoms with E-state index >= 15 is 0 Å². The summed E-state index contributed by atoms with van der Waals surface area (Å²) in [7, 11) is 0. The third kappa shape index (κ3) is 5.20. The van der Waals surface area contributed by atoms with E-state index in [1.807, 2.05) is 32.1 Å². The van der Waals surface area contributed by atoms with Crippen molar-refractivity contribution >= 4 is 36.2 Å². The molecule has 0 unspecified atom stereocenters. The zero-order valence-electron chi connectivity index (χ0n) is 24.7. The molecule has 218 valence electrons. The molecule has 6 N–H and O–H groups in total. The Morgan fingerprint density at radius 3 is 1.81 bits per heavy atom. The van der Waals surface area contributed by atoms with Crippen LogP contribution in [0.4, 0.5) is 0 Å². The van der Waals surface area contributed by atoms with Crippen molar-refractivity contribution in [2.24, 2.45) is 0 Å². The Morgan fingerprint density at radius 1 is 0.667 bits per heavy atom. The molecule has 8 heteroatoms. The molecule has 4 aromatic heterocycles. The fourth-order valence-corrected chi connectivity index (χ4v) is 6.29. The standard InChI is InChI=1S/C34H38N4O4/c1-7-21-17(3)25-13-26-19(5)23(9-11-33(39)40)31(37-26)16-32-24(10-12-34(41)42)20(6)28(38-32)15-30-22(8-2)18(4)27(36-30)14-29(21)35-25/h7-8,13,16,35-38H,1-2,9-12,14-15H2,3-6H3,(H,39,40)(H,41,42)/b26-13-,31-16-. The number of nitrogens with one attached hydrogen (secondary N) is 4. The lowest BCUT2D eigenvalue weighted by Gasteiger charge is -2.03. The van der Waals surface area contributed by atoms with E-state index in [0.717, 1.165) is 89.4 Å². The van der Waals surface area contributed by atoms with Crippen LogP contribution >= 0.6 is 0 Å². The Bertz CT molecular complexity index is 1870. The van der Waals surface area contributed by atoms with Crippen molar-refractivity contribution in [3.8, 4) is 0 Å². The van der Waals surface area contributed by atoms with E-state index in [2.05, 4.69) is 53.0 Å². The molecule has 0 aliphatic carbocycles. The van der Waals surface area contributed by atoms with Gasteiger partial charge in [-0.25, -0.2) is 0 Å². The van der Waals surface area contributed by atoms with Crippen molar-refractivity contribution in [1.82, 2.24) is 19.9 Å². The van der Waals surface area contributed by atoms with Crippen LogP contribution in [0.1, 0.15) is 91.5 Å². The van der Waals surface area contributed by atoms with Gasteiger partial charge >= 0.3 is 11.9 Å². The number of rotatable bonds is 8. The van der Waals surface area contributed by atoms with Gasteiger partial charge in [-0.15, -0.1) is 0 Å². The molecule has 0 spiro atoms. The van der Waals surface area contributed by atoms with Crippen LogP contribution in [0.25, 0.3) is 24.3 Å². The monoisotopic (exact) mass is 566 g/mol. The van der Waals surface area contributed by atoms with Crippen molar-refractivity contribution in [2.75, 3.05) is 0 Å². The summed E-state index contributed by atoms with van der Waals surface area (Å²) in [5.41, 5.74) is 14.2. The summed E-state index contributed by atoms with van der Waals surface area (Å²) < 4.78 is 0. The third-order valence-corrected chi connectivity index (χ3v) is 8.74. The highest BCUT2D eigenvalue weighted by Gasteiger charge is 2.21. The van der Waals surface area contributed by atoms with Crippen LogP contribution in [0.15, 0.2) is 13.2 Å². The molecular weight excluding hydrogens is 528 g/mol. The van der Waals surface area contributed by atoms with Crippen LogP contribution in [0.2, 0.25) is 0 Å². The van der Waals surface area contributed by atoms with Gasteiger partial charge in [0, 0.05) is 70.5 Å². The van der Waals surface area contributed by atoms with Crippen LogP contribution in [0.3, 0.4) is 0 Å². The maximum atomic E-state index is 11.5. The predicted molar refractivity (Wildman–Crippen MR) is 166 cm³/mol. The summed E-state index contributed by atoms with van der Waals surface area (Å²) in [4.78, 5) is 37.5. The topological polar surface area (TPSA) is 138 Å². The first-order valence-electron chi connectivity index (χ1n) is 14.2. The average Bonchev–Trinajstić information content (AvgIpc) is 3.59. The summed E-state index contributed by atoms with van der Waals surface area (Å²) in [6, 6.07) is 0. The lowest BCUT2D eigenvalue weighted by molar-refractivity contribution is -0.138. The molecular formula is C34H38N4O4. The highest BCUT2D eigenvalue weighted by molar-refractivity contribution is 5.69. The van der Waals surface area contributed by atoms with Crippen LogP contribution in [-0.2, 0) is 35.3 Å².